The maximum absolute atomic E-state index is 12.9. The van der Waals surface area contributed by atoms with Gasteiger partial charge in [0, 0.05) is 43.2 Å². The third-order valence-electron chi connectivity index (χ3n) is 4.16. The molecule has 1 aliphatic rings. The molecule has 0 unspecified atom stereocenters. The predicted octanol–water partition coefficient (Wildman–Crippen LogP) is 2.20. The van der Waals surface area contributed by atoms with Crippen molar-refractivity contribution >= 4 is 30.1 Å². The van der Waals surface area contributed by atoms with Crippen LogP contribution >= 0.6 is 24.2 Å². The normalized spacial score (nSPS) is 16.4. The highest BCUT2D eigenvalue weighted by atomic mass is 35.5. The van der Waals surface area contributed by atoms with Crippen molar-refractivity contribution in [1.82, 2.24) is 10.2 Å². The lowest BCUT2D eigenvalue weighted by atomic mass is 9.94. The number of rotatable bonds is 7. The Morgan fingerprint density at radius 1 is 1.29 bits per heavy atom. The zero-order valence-electron chi connectivity index (χ0n) is 14.5. The third kappa shape index (κ3) is 6.63. The number of nitrogens with one attached hydrogen (secondary N) is 1. The molecule has 1 aromatic carbocycles. The summed E-state index contributed by atoms with van der Waals surface area (Å²) in [5.41, 5.74) is 0.930. The highest BCUT2D eigenvalue weighted by Gasteiger charge is 2.27. The molecule has 0 aliphatic carbocycles. The van der Waals surface area contributed by atoms with Crippen molar-refractivity contribution < 1.29 is 9.90 Å². The Kier molecular flexibility index (Phi) is 9.13. The van der Waals surface area contributed by atoms with Crippen molar-refractivity contribution in [1.29, 1.82) is 0 Å². The monoisotopic (exact) mass is 372 g/mol. The van der Waals surface area contributed by atoms with Gasteiger partial charge in [0.1, 0.15) is 0 Å². The van der Waals surface area contributed by atoms with Crippen molar-refractivity contribution in [3.63, 3.8) is 0 Å². The molecule has 1 amide bonds. The number of hydrogen-bond acceptors (Lipinski definition) is 4. The van der Waals surface area contributed by atoms with Crippen LogP contribution in [0.25, 0.3) is 0 Å². The van der Waals surface area contributed by atoms with Gasteiger partial charge in [-0.2, -0.15) is 11.8 Å². The Hall–Kier alpha value is -0.750. The van der Waals surface area contributed by atoms with Crippen molar-refractivity contribution in [2.24, 2.45) is 5.41 Å². The fraction of sp³-hybridized carbons (Fsp3) is 0.611. The smallest absolute Gasteiger partial charge is 0.240 e. The molecular weight excluding hydrogens is 344 g/mol. The number of amides is 1. The SMILES string of the molecule is CC(C)(CO)CN[C@@H](Cc1ccccc1)C(=O)N1CCSCC1.Cl. The van der Waals surface area contributed by atoms with E-state index >= 15 is 0 Å². The first-order valence-corrected chi connectivity index (χ1v) is 9.42. The van der Waals surface area contributed by atoms with E-state index in [2.05, 4.69) is 17.4 Å². The van der Waals surface area contributed by atoms with Crippen LogP contribution in [0, 0.1) is 5.41 Å². The number of halogens is 1. The summed E-state index contributed by atoms with van der Waals surface area (Å²) in [5.74, 6) is 2.22. The Morgan fingerprint density at radius 2 is 1.92 bits per heavy atom. The number of thioether (sulfide) groups is 1. The third-order valence-corrected chi connectivity index (χ3v) is 5.10. The molecule has 24 heavy (non-hydrogen) atoms. The van der Waals surface area contributed by atoms with E-state index in [1.54, 1.807) is 0 Å². The Balaban J connectivity index is 0.00000288. The minimum atomic E-state index is -0.230. The van der Waals surface area contributed by atoms with Gasteiger partial charge in [-0.15, -0.1) is 12.4 Å². The van der Waals surface area contributed by atoms with E-state index < -0.39 is 0 Å². The average molecular weight is 373 g/mol. The van der Waals surface area contributed by atoms with Gasteiger partial charge in [-0.3, -0.25) is 4.79 Å². The van der Waals surface area contributed by atoms with Crippen LogP contribution in [0.2, 0.25) is 0 Å². The Labute approximate surface area is 155 Å². The minimum absolute atomic E-state index is 0. The van der Waals surface area contributed by atoms with E-state index in [1.165, 1.54) is 0 Å². The van der Waals surface area contributed by atoms with Crippen LogP contribution in [-0.2, 0) is 11.2 Å². The van der Waals surface area contributed by atoms with E-state index in [0.29, 0.717) is 13.0 Å². The van der Waals surface area contributed by atoms with E-state index in [9.17, 15) is 9.90 Å². The standard InChI is InChI=1S/C18H28N2O2S.ClH/c1-18(2,14-21)13-19-16(12-15-6-4-3-5-7-15)17(22)20-8-10-23-11-9-20;/h3-7,16,19,21H,8-14H2,1-2H3;1H/t16-;/m0./s1. The number of nitrogens with zero attached hydrogens (tertiary/aromatic N) is 1. The molecule has 6 heteroatoms. The molecular formula is C18H29ClN2O2S. The lowest BCUT2D eigenvalue weighted by Crippen LogP contribution is -2.52. The van der Waals surface area contributed by atoms with Gasteiger partial charge in [0.05, 0.1) is 6.04 Å². The molecule has 1 heterocycles. The van der Waals surface area contributed by atoms with Crippen molar-refractivity contribution in [2.45, 2.75) is 26.3 Å². The minimum Gasteiger partial charge on any atom is -0.396 e. The highest BCUT2D eigenvalue weighted by molar-refractivity contribution is 7.99. The number of carbonyl (C=O) groups is 1. The van der Waals surface area contributed by atoms with Gasteiger partial charge in [-0.1, -0.05) is 44.2 Å². The topological polar surface area (TPSA) is 52.6 Å². The van der Waals surface area contributed by atoms with Gasteiger partial charge in [0.25, 0.3) is 0 Å². The maximum Gasteiger partial charge on any atom is 0.240 e. The lowest BCUT2D eigenvalue weighted by molar-refractivity contribution is -0.133. The molecule has 0 spiro atoms. The van der Waals surface area contributed by atoms with Gasteiger partial charge in [0.15, 0.2) is 0 Å². The van der Waals surface area contributed by atoms with Gasteiger partial charge in [-0.05, 0) is 12.0 Å². The molecule has 1 aliphatic heterocycles. The molecule has 0 aromatic heterocycles. The van der Waals surface area contributed by atoms with Crippen molar-refractivity contribution in [3.8, 4) is 0 Å². The zero-order valence-corrected chi connectivity index (χ0v) is 16.2. The van der Waals surface area contributed by atoms with Crippen LogP contribution in [-0.4, -0.2) is 59.7 Å². The Morgan fingerprint density at radius 3 is 2.50 bits per heavy atom. The van der Waals surface area contributed by atoms with Crippen LogP contribution in [0.15, 0.2) is 30.3 Å². The molecule has 0 radical (unpaired) electrons. The van der Waals surface area contributed by atoms with Gasteiger partial charge >= 0.3 is 0 Å². The van der Waals surface area contributed by atoms with Gasteiger partial charge in [-0.25, -0.2) is 0 Å². The fourth-order valence-electron chi connectivity index (χ4n) is 2.56. The maximum atomic E-state index is 12.9. The first-order chi connectivity index (χ1) is 11.0. The first-order valence-electron chi connectivity index (χ1n) is 8.26. The van der Waals surface area contributed by atoms with Crippen molar-refractivity contribution in [3.05, 3.63) is 35.9 Å². The largest absolute Gasteiger partial charge is 0.396 e. The van der Waals surface area contributed by atoms with Crippen molar-refractivity contribution in [2.75, 3.05) is 37.7 Å². The summed E-state index contributed by atoms with van der Waals surface area (Å²) in [7, 11) is 0. The molecule has 1 fully saturated rings. The van der Waals surface area contributed by atoms with Crippen LogP contribution in [0.5, 0.6) is 0 Å². The summed E-state index contributed by atoms with van der Waals surface area (Å²) in [6.45, 7) is 6.39. The molecule has 0 bridgehead atoms. The fourth-order valence-corrected chi connectivity index (χ4v) is 3.46. The van der Waals surface area contributed by atoms with Crippen LogP contribution in [0.3, 0.4) is 0 Å². The predicted molar refractivity (Wildman–Crippen MR) is 104 cm³/mol. The average Bonchev–Trinajstić information content (AvgIpc) is 2.59. The quantitative estimate of drug-likeness (QED) is 0.770. The van der Waals surface area contributed by atoms with Gasteiger partial charge < -0.3 is 15.3 Å². The van der Waals surface area contributed by atoms with E-state index in [-0.39, 0.29) is 36.4 Å². The van der Waals surface area contributed by atoms with Crippen LogP contribution < -0.4 is 5.32 Å². The highest BCUT2D eigenvalue weighted by Crippen LogP contribution is 2.15. The summed E-state index contributed by atoms with van der Waals surface area (Å²) in [5, 5.41) is 12.8. The zero-order chi connectivity index (χ0) is 16.7. The Bertz CT molecular complexity index is 493. The van der Waals surface area contributed by atoms with Crippen LogP contribution in [0.1, 0.15) is 19.4 Å². The summed E-state index contributed by atoms with van der Waals surface area (Å²) < 4.78 is 0. The number of benzene rings is 1. The number of carbonyl (C=O) groups excluding carboxylic acids is 1. The number of aliphatic hydroxyl groups excluding tert-OH is 1. The molecule has 1 aromatic rings. The summed E-state index contributed by atoms with van der Waals surface area (Å²) in [4.78, 5) is 14.9. The summed E-state index contributed by atoms with van der Waals surface area (Å²) in [6, 6.07) is 9.89. The van der Waals surface area contributed by atoms with E-state index in [1.807, 2.05) is 48.7 Å². The number of hydrogen-bond donors (Lipinski definition) is 2. The molecule has 1 saturated heterocycles. The molecule has 0 saturated carbocycles. The lowest BCUT2D eigenvalue weighted by Gasteiger charge is -2.32. The summed E-state index contributed by atoms with van der Waals surface area (Å²) >= 11 is 1.91. The molecule has 136 valence electrons. The number of aliphatic hydroxyl groups is 1. The van der Waals surface area contributed by atoms with E-state index in [4.69, 9.17) is 0 Å². The summed E-state index contributed by atoms with van der Waals surface area (Å²) in [6.07, 6.45) is 0.685. The molecule has 2 N–H and O–H groups in total. The van der Waals surface area contributed by atoms with E-state index in [0.717, 1.165) is 30.2 Å². The van der Waals surface area contributed by atoms with Gasteiger partial charge in [0.2, 0.25) is 5.91 Å². The second kappa shape index (κ2) is 10.3. The second-order valence-electron chi connectivity index (χ2n) is 6.88. The molecule has 1 atom stereocenters. The molecule has 2 rings (SSSR count). The molecule has 4 nitrogen and oxygen atoms in total. The van der Waals surface area contributed by atoms with Crippen LogP contribution in [0.4, 0.5) is 0 Å². The second-order valence-corrected chi connectivity index (χ2v) is 8.11. The first kappa shape index (κ1) is 21.3.